The molecule has 3 rings (SSSR count). The summed E-state index contributed by atoms with van der Waals surface area (Å²) in [5.41, 5.74) is 2.51. The predicted octanol–water partition coefficient (Wildman–Crippen LogP) is 2.98. The molecule has 0 bridgehead atoms. The van der Waals surface area contributed by atoms with Crippen molar-refractivity contribution in [1.29, 1.82) is 0 Å². The normalized spacial score (nSPS) is 17.2. The van der Waals surface area contributed by atoms with E-state index in [4.69, 9.17) is 0 Å². The van der Waals surface area contributed by atoms with E-state index in [9.17, 15) is 4.79 Å². The molecule has 2 aromatic rings. The summed E-state index contributed by atoms with van der Waals surface area (Å²) in [5, 5.41) is 4.19. The average Bonchev–Trinajstić information content (AvgIpc) is 3.13. The number of hydrogen-bond acceptors (Lipinski definition) is 4. The van der Waals surface area contributed by atoms with Gasteiger partial charge in [0.05, 0.1) is 0 Å². The smallest absolute Gasteiger partial charge is 0.222 e. The van der Waals surface area contributed by atoms with E-state index in [-0.39, 0.29) is 5.91 Å². The summed E-state index contributed by atoms with van der Waals surface area (Å²) < 4.78 is 0. The van der Waals surface area contributed by atoms with Gasteiger partial charge in [-0.1, -0.05) is 6.07 Å². The van der Waals surface area contributed by atoms with Crippen molar-refractivity contribution in [3.63, 3.8) is 0 Å². The van der Waals surface area contributed by atoms with Gasteiger partial charge in [0.15, 0.2) is 0 Å². The third-order valence-electron chi connectivity index (χ3n) is 4.59. The molecule has 0 spiro atoms. The molecule has 5 heteroatoms. The van der Waals surface area contributed by atoms with Crippen LogP contribution in [0.4, 0.5) is 0 Å². The predicted molar refractivity (Wildman–Crippen MR) is 93.4 cm³/mol. The number of carbonyl (C=O) groups excluding carboxylic acids is 1. The first-order chi connectivity index (χ1) is 11.2. The Morgan fingerprint density at radius 3 is 2.78 bits per heavy atom. The third-order valence-corrected chi connectivity index (χ3v) is 5.32. The van der Waals surface area contributed by atoms with Crippen molar-refractivity contribution in [3.05, 3.63) is 52.5 Å². The molecule has 0 saturated carbocycles. The van der Waals surface area contributed by atoms with Crippen LogP contribution < -0.4 is 0 Å². The van der Waals surface area contributed by atoms with Crippen molar-refractivity contribution in [2.45, 2.75) is 25.8 Å². The first-order valence-electron chi connectivity index (χ1n) is 8.17. The van der Waals surface area contributed by atoms with Gasteiger partial charge in [-0.25, -0.2) is 0 Å². The Morgan fingerprint density at radius 1 is 1.30 bits per heavy atom. The van der Waals surface area contributed by atoms with Crippen molar-refractivity contribution < 1.29 is 4.79 Å². The Morgan fingerprint density at radius 2 is 2.13 bits per heavy atom. The number of nitrogens with zero attached hydrogens (tertiary/aromatic N) is 3. The van der Waals surface area contributed by atoms with Gasteiger partial charge in [0.2, 0.25) is 5.91 Å². The summed E-state index contributed by atoms with van der Waals surface area (Å²) in [6, 6.07) is 6.56. The van der Waals surface area contributed by atoms with E-state index in [0.29, 0.717) is 12.5 Å². The second-order valence-electron chi connectivity index (χ2n) is 6.01. The maximum Gasteiger partial charge on any atom is 0.222 e. The van der Waals surface area contributed by atoms with Gasteiger partial charge < -0.3 is 4.90 Å². The standard InChI is InChI=1S/C18H23N3OS/c1-15(17-3-2-7-19-13-17)20-8-10-21(11-9-20)18(22)5-4-16-6-12-23-14-16/h2-3,6-7,12-15H,4-5,8-11H2,1H3/t15-/m0/s1. The zero-order valence-corrected chi connectivity index (χ0v) is 14.3. The molecule has 1 saturated heterocycles. The highest BCUT2D eigenvalue weighted by atomic mass is 32.1. The lowest BCUT2D eigenvalue weighted by atomic mass is 10.1. The molecule has 4 nitrogen and oxygen atoms in total. The summed E-state index contributed by atoms with van der Waals surface area (Å²) >= 11 is 1.69. The number of aryl methyl sites for hydroxylation is 1. The van der Waals surface area contributed by atoms with E-state index in [0.717, 1.165) is 32.6 Å². The van der Waals surface area contributed by atoms with Gasteiger partial charge in [-0.3, -0.25) is 14.7 Å². The van der Waals surface area contributed by atoms with Crippen molar-refractivity contribution in [2.24, 2.45) is 0 Å². The van der Waals surface area contributed by atoms with E-state index in [1.807, 2.05) is 17.2 Å². The molecule has 1 fully saturated rings. The molecular formula is C18H23N3OS. The van der Waals surface area contributed by atoms with Gasteiger partial charge in [-0.2, -0.15) is 11.3 Å². The molecular weight excluding hydrogens is 306 g/mol. The van der Waals surface area contributed by atoms with Crippen LogP contribution in [0.1, 0.15) is 30.5 Å². The average molecular weight is 329 g/mol. The largest absolute Gasteiger partial charge is 0.340 e. The number of amides is 1. The van der Waals surface area contributed by atoms with Crippen molar-refractivity contribution in [1.82, 2.24) is 14.8 Å². The molecule has 1 amide bonds. The fraction of sp³-hybridized carbons (Fsp3) is 0.444. The Labute approximate surface area is 141 Å². The minimum absolute atomic E-state index is 0.282. The number of hydrogen-bond donors (Lipinski definition) is 0. The second-order valence-corrected chi connectivity index (χ2v) is 6.79. The highest BCUT2D eigenvalue weighted by Crippen LogP contribution is 2.21. The van der Waals surface area contributed by atoms with E-state index >= 15 is 0 Å². The second kappa shape index (κ2) is 7.70. The molecule has 122 valence electrons. The van der Waals surface area contributed by atoms with Crippen LogP contribution in [0.2, 0.25) is 0 Å². The summed E-state index contributed by atoms with van der Waals surface area (Å²) in [4.78, 5) is 21.0. The van der Waals surface area contributed by atoms with Crippen molar-refractivity contribution in [2.75, 3.05) is 26.2 Å². The van der Waals surface area contributed by atoms with E-state index in [1.165, 1.54) is 11.1 Å². The Kier molecular flexibility index (Phi) is 5.41. The molecule has 1 aliphatic heterocycles. The van der Waals surface area contributed by atoms with Crippen molar-refractivity contribution in [3.8, 4) is 0 Å². The van der Waals surface area contributed by atoms with Crippen LogP contribution in [0.3, 0.4) is 0 Å². The van der Waals surface area contributed by atoms with Crippen LogP contribution in [-0.4, -0.2) is 46.9 Å². The van der Waals surface area contributed by atoms with Gasteiger partial charge in [0, 0.05) is 51.0 Å². The number of aromatic nitrogens is 1. The van der Waals surface area contributed by atoms with Crippen LogP contribution in [0.5, 0.6) is 0 Å². The summed E-state index contributed by atoms with van der Waals surface area (Å²) in [6.07, 6.45) is 5.22. The lowest BCUT2D eigenvalue weighted by Gasteiger charge is -2.38. The van der Waals surface area contributed by atoms with Crippen LogP contribution in [-0.2, 0) is 11.2 Å². The van der Waals surface area contributed by atoms with Gasteiger partial charge in [0.1, 0.15) is 0 Å². The van der Waals surface area contributed by atoms with Crippen LogP contribution in [0.15, 0.2) is 41.4 Å². The topological polar surface area (TPSA) is 36.4 Å². The Balaban J connectivity index is 1.47. The molecule has 23 heavy (non-hydrogen) atoms. The molecule has 0 aliphatic carbocycles. The van der Waals surface area contributed by atoms with Crippen LogP contribution in [0, 0.1) is 0 Å². The lowest BCUT2D eigenvalue weighted by molar-refractivity contribution is -0.133. The number of rotatable bonds is 5. The molecule has 0 aromatic carbocycles. The van der Waals surface area contributed by atoms with Crippen LogP contribution >= 0.6 is 11.3 Å². The quantitative estimate of drug-likeness (QED) is 0.846. The summed E-state index contributed by atoms with van der Waals surface area (Å²) in [7, 11) is 0. The SMILES string of the molecule is C[C@@H](c1cccnc1)N1CCN(C(=O)CCc2ccsc2)CC1. The summed E-state index contributed by atoms with van der Waals surface area (Å²) in [6.45, 7) is 5.73. The monoisotopic (exact) mass is 329 g/mol. The minimum atomic E-state index is 0.282. The van der Waals surface area contributed by atoms with Gasteiger partial charge in [-0.05, 0) is 47.4 Å². The zero-order chi connectivity index (χ0) is 16.1. The van der Waals surface area contributed by atoms with E-state index in [1.54, 1.807) is 17.5 Å². The van der Waals surface area contributed by atoms with Gasteiger partial charge >= 0.3 is 0 Å². The van der Waals surface area contributed by atoms with Gasteiger partial charge in [0.25, 0.3) is 0 Å². The Hall–Kier alpha value is -1.72. The van der Waals surface area contributed by atoms with E-state index in [2.05, 4.69) is 39.7 Å². The van der Waals surface area contributed by atoms with Crippen molar-refractivity contribution >= 4 is 17.2 Å². The van der Waals surface area contributed by atoms with Gasteiger partial charge in [-0.15, -0.1) is 0 Å². The Bertz CT molecular complexity index is 606. The molecule has 1 aliphatic rings. The maximum atomic E-state index is 12.3. The van der Waals surface area contributed by atoms with Crippen LogP contribution in [0.25, 0.3) is 0 Å². The molecule has 2 aromatic heterocycles. The fourth-order valence-electron chi connectivity index (χ4n) is 3.04. The first-order valence-corrected chi connectivity index (χ1v) is 9.11. The lowest BCUT2D eigenvalue weighted by Crippen LogP contribution is -2.49. The highest BCUT2D eigenvalue weighted by molar-refractivity contribution is 7.07. The zero-order valence-electron chi connectivity index (χ0n) is 13.5. The summed E-state index contributed by atoms with van der Waals surface area (Å²) in [5.74, 6) is 0.282. The molecule has 0 radical (unpaired) electrons. The maximum absolute atomic E-state index is 12.3. The minimum Gasteiger partial charge on any atom is -0.340 e. The number of thiophene rings is 1. The molecule has 1 atom stereocenters. The molecule has 3 heterocycles. The number of piperazine rings is 1. The molecule has 0 unspecified atom stereocenters. The molecule has 0 N–H and O–H groups in total. The first kappa shape index (κ1) is 16.1. The highest BCUT2D eigenvalue weighted by Gasteiger charge is 2.24. The third kappa shape index (κ3) is 4.18. The van der Waals surface area contributed by atoms with E-state index < -0.39 is 0 Å². The number of carbonyl (C=O) groups is 1. The number of pyridine rings is 1. The fourth-order valence-corrected chi connectivity index (χ4v) is 3.74.